The summed E-state index contributed by atoms with van der Waals surface area (Å²) in [4.78, 5) is 17.9. The molecule has 0 aliphatic rings. The molecule has 0 spiro atoms. The zero-order valence-corrected chi connectivity index (χ0v) is 8.53. The summed E-state index contributed by atoms with van der Waals surface area (Å²) in [5.74, 6) is -0.427. The van der Waals surface area contributed by atoms with Crippen LogP contribution < -0.4 is 0 Å². The lowest BCUT2D eigenvalue weighted by Crippen LogP contribution is -2.00. The number of halogens is 1. The third-order valence-electron chi connectivity index (χ3n) is 2.08. The van der Waals surface area contributed by atoms with Gasteiger partial charge in [0, 0.05) is 5.56 Å². The van der Waals surface area contributed by atoms with E-state index >= 15 is 0 Å². The maximum Gasteiger partial charge on any atom is 0.356 e. The molecule has 0 radical (unpaired) electrons. The number of methoxy groups -OCH3 is 1. The van der Waals surface area contributed by atoms with E-state index in [0.29, 0.717) is 11.4 Å². The summed E-state index contributed by atoms with van der Waals surface area (Å²) in [5, 5.41) is 0. The highest BCUT2D eigenvalue weighted by atomic mass is 19.1. The minimum atomic E-state index is -0.504. The molecule has 0 saturated heterocycles. The maximum atomic E-state index is 13.0. The zero-order chi connectivity index (χ0) is 11.5. The van der Waals surface area contributed by atoms with E-state index in [1.807, 2.05) is 0 Å². The molecular formula is C11H9FN2O2. The molecule has 5 heteroatoms. The van der Waals surface area contributed by atoms with Crippen molar-refractivity contribution in [3.63, 3.8) is 0 Å². The molecule has 0 aliphatic heterocycles. The second-order valence-electron chi connectivity index (χ2n) is 3.15. The number of nitrogens with zero attached hydrogens (tertiary/aromatic N) is 1. The summed E-state index contributed by atoms with van der Waals surface area (Å²) in [6.45, 7) is 0. The lowest BCUT2D eigenvalue weighted by Gasteiger charge is -1.96. The lowest BCUT2D eigenvalue weighted by atomic mass is 10.2. The van der Waals surface area contributed by atoms with E-state index in [0.717, 1.165) is 0 Å². The topological polar surface area (TPSA) is 55.0 Å². The molecule has 1 heterocycles. The molecule has 2 aromatic rings. The van der Waals surface area contributed by atoms with E-state index < -0.39 is 5.97 Å². The molecule has 2 rings (SSSR count). The molecule has 1 aromatic heterocycles. The highest BCUT2D eigenvalue weighted by Gasteiger charge is 2.10. The molecule has 0 aliphatic carbocycles. The van der Waals surface area contributed by atoms with Crippen molar-refractivity contribution in [3.8, 4) is 11.4 Å². The summed E-state index contributed by atoms with van der Waals surface area (Å²) in [7, 11) is 1.28. The van der Waals surface area contributed by atoms with Crippen molar-refractivity contribution >= 4 is 5.97 Å². The van der Waals surface area contributed by atoms with Gasteiger partial charge in [0.1, 0.15) is 17.3 Å². The van der Waals surface area contributed by atoms with Gasteiger partial charge in [0.2, 0.25) is 0 Å². The van der Waals surface area contributed by atoms with Gasteiger partial charge in [-0.3, -0.25) is 0 Å². The SMILES string of the molecule is COC(=O)c1cnc(-c2cccc(F)c2)[nH]1. The number of hydrogen-bond acceptors (Lipinski definition) is 3. The van der Waals surface area contributed by atoms with Crippen LogP contribution in [0.25, 0.3) is 11.4 Å². The van der Waals surface area contributed by atoms with Gasteiger partial charge in [-0.05, 0) is 12.1 Å². The fraction of sp³-hybridized carbons (Fsp3) is 0.0909. The molecule has 16 heavy (non-hydrogen) atoms. The Morgan fingerprint density at radius 3 is 3.00 bits per heavy atom. The number of imidazole rings is 1. The first kappa shape index (κ1) is 10.4. The van der Waals surface area contributed by atoms with E-state index in [2.05, 4.69) is 14.7 Å². The summed E-state index contributed by atoms with van der Waals surface area (Å²) in [6.07, 6.45) is 1.35. The number of esters is 1. The molecule has 1 N–H and O–H groups in total. The van der Waals surface area contributed by atoms with Crippen LogP contribution in [0.2, 0.25) is 0 Å². The Morgan fingerprint density at radius 1 is 1.50 bits per heavy atom. The second-order valence-corrected chi connectivity index (χ2v) is 3.15. The molecule has 0 amide bonds. The quantitative estimate of drug-likeness (QED) is 0.787. The Kier molecular flexibility index (Phi) is 2.68. The van der Waals surface area contributed by atoms with Crippen molar-refractivity contribution in [1.29, 1.82) is 0 Å². The Hall–Kier alpha value is -2.17. The fourth-order valence-corrected chi connectivity index (χ4v) is 1.32. The van der Waals surface area contributed by atoms with Gasteiger partial charge in [-0.15, -0.1) is 0 Å². The van der Waals surface area contributed by atoms with Gasteiger partial charge in [0.05, 0.1) is 13.3 Å². The number of H-pyrrole nitrogens is 1. The molecule has 0 fully saturated rings. The van der Waals surface area contributed by atoms with E-state index in [1.165, 1.54) is 25.4 Å². The number of carbonyl (C=O) groups excluding carboxylic acids is 1. The first-order chi connectivity index (χ1) is 7.70. The van der Waals surface area contributed by atoms with Crippen molar-refractivity contribution < 1.29 is 13.9 Å². The number of nitrogens with one attached hydrogen (secondary N) is 1. The zero-order valence-electron chi connectivity index (χ0n) is 8.53. The van der Waals surface area contributed by atoms with Gasteiger partial charge >= 0.3 is 5.97 Å². The first-order valence-electron chi connectivity index (χ1n) is 4.60. The lowest BCUT2D eigenvalue weighted by molar-refractivity contribution is 0.0595. The maximum absolute atomic E-state index is 13.0. The van der Waals surface area contributed by atoms with Crippen LogP contribution in [0.3, 0.4) is 0 Å². The number of rotatable bonds is 2. The Morgan fingerprint density at radius 2 is 2.31 bits per heavy atom. The van der Waals surface area contributed by atoms with Crippen molar-refractivity contribution in [2.75, 3.05) is 7.11 Å². The van der Waals surface area contributed by atoms with Crippen LogP contribution in [0.1, 0.15) is 10.5 Å². The highest BCUT2D eigenvalue weighted by molar-refractivity contribution is 5.87. The van der Waals surface area contributed by atoms with Crippen LogP contribution in [-0.2, 0) is 4.74 Å². The number of benzene rings is 1. The van der Waals surface area contributed by atoms with Crippen molar-refractivity contribution in [3.05, 3.63) is 42.0 Å². The van der Waals surface area contributed by atoms with Gasteiger partial charge in [-0.2, -0.15) is 0 Å². The number of carbonyl (C=O) groups is 1. The Balaban J connectivity index is 2.35. The van der Waals surface area contributed by atoms with Crippen molar-refractivity contribution in [2.24, 2.45) is 0 Å². The third-order valence-corrected chi connectivity index (χ3v) is 2.08. The second kappa shape index (κ2) is 4.14. The van der Waals surface area contributed by atoms with E-state index in [1.54, 1.807) is 12.1 Å². The molecular weight excluding hydrogens is 211 g/mol. The normalized spacial score (nSPS) is 10.1. The molecule has 0 bridgehead atoms. The predicted octanol–water partition coefficient (Wildman–Crippen LogP) is 2.00. The average Bonchev–Trinajstić information content (AvgIpc) is 2.77. The Labute approximate surface area is 91.1 Å². The van der Waals surface area contributed by atoms with Crippen LogP contribution >= 0.6 is 0 Å². The molecule has 4 nitrogen and oxygen atoms in total. The number of hydrogen-bond donors (Lipinski definition) is 1. The number of ether oxygens (including phenoxy) is 1. The molecule has 82 valence electrons. The Bertz CT molecular complexity index is 522. The minimum Gasteiger partial charge on any atom is -0.464 e. The number of aromatic nitrogens is 2. The molecule has 0 atom stereocenters. The van der Waals surface area contributed by atoms with Crippen molar-refractivity contribution in [2.45, 2.75) is 0 Å². The van der Waals surface area contributed by atoms with Gasteiger partial charge in [0.15, 0.2) is 0 Å². The smallest absolute Gasteiger partial charge is 0.356 e. The minimum absolute atomic E-state index is 0.238. The van der Waals surface area contributed by atoms with Crippen LogP contribution in [0.4, 0.5) is 4.39 Å². The summed E-state index contributed by atoms with van der Waals surface area (Å²) in [5.41, 5.74) is 0.817. The van der Waals surface area contributed by atoms with Crippen LogP contribution in [0, 0.1) is 5.82 Å². The van der Waals surface area contributed by atoms with Crippen LogP contribution in [0.15, 0.2) is 30.5 Å². The highest BCUT2D eigenvalue weighted by Crippen LogP contribution is 2.16. The van der Waals surface area contributed by atoms with Crippen molar-refractivity contribution in [1.82, 2.24) is 9.97 Å². The largest absolute Gasteiger partial charge is 0.464 e. The van der Waals surface area contributed by atoms with Crippen LogP contribution in [0.5, 0.6) is 0 Å². The summed E-state index contributed by atoms with van der Waals surface area (Å²) in [6, 6.07) is 5.95. The predicted molar refractivity (Wildman–Crippen MR) is 55.3 cm³/mol. The van der Waals surface area contributed by atoms with Gasteiger partial charge in [0.25, 0.3) is 0 Å². The van der Waals surface area contributed by atoms with E-state index in [-0.39, 0.29) is 11.5 Å². The number of aromatic amines is 1. The van der Waals surface area contributed by atoms with Crippen LogP contribution in [-0.4, -0.2) is 23.0 Å². The summed E-state index contributed by atoms with van der Waals surface area (Å²) >= 11 is 0. The summed E-state index contributed by atoms with van der Waals surface area (Å²) < 4.78 is 17.5. The average molecular weight is 220 g/mol. The van der Waals surface area contributed by atoms with Gasteiger partial charge in [-0.25, -0.2) is 14.2 Å². The van der Waals surface area contributed by atoms with Gasteiger partial charge in [-0.1, -0.05) is 12.1 Å². The molecule has 1 aromatic carbocycles. The molecule has 0 saturated carbocycles. The van der Waals surface area contributed by atoms with E-state index in [4.69, 9.17) is 0 Å². The third kappa shape index (κ3) is 1.93. The fourth-order valence-electron chi connectivity index (χ4n) is 1.32. The standard InChI is InChI=1S/C11H9FN2O2/c1-16-11(15)9-6-13-10(14-9)7-3-2-4-8(12)5-7/h2-6H,1H3,(H,13,14). The van der Waals surface area contributed by atoms with Gasteiger partial charge < -0.3 is 9.72 Å². The molecule has 0 unspecified atom stereocenters. The monoisotopic (exact) mass is 220 g/mol. The first-order valence-corrected chi connectivity index (χ1v) is 4.60. The van der Waals surface area contributed by atoms with E-state index in [9.17, 15) is 9.18 Å².